The van der Waals surface area contributed by atoms with Crippen LogP contribution in [0.3, 0.4) is 0 Å². The monoisotopic (exact) mass is 434 g/mol. The molecule has 1 aliphatic carbocycles. The number of anilines is 2. The van der Waals surface area contributed by atoms with Gasteiger partial charge >= 0.3 is 0 Å². The molecule has 32 heavy (non-hydrogen) atoms. The molecule has 7 nitrogen and oxygen atoms in total. The van der Waals surface area contributed by atoms with Crippen LogP contribution in [-0.2, 0) is 24.2 Å². The smallest absolute Gasteiger partial charge is 0.224 e. The number of likely N-dealkylation sites (tertiary alicyclic amines) is 1. The van der Waals surface area contributed by atoms with Crippen LogP contribution >= 0.6 is 0 Å². The number of aromatic nitrogens is 4. The van der Waals surface area contributed by atoms with Gasteiger partial charge in [0.15, 0.2) is 0 Å². The number of nitrogens with zero attached hydrogens (tertiary/aromatic N) is 5. The number of halogens is 1. The third kappa shape index (κ3) is 4.35. The van der Waals surface area contributed by atoms with Crippen molar-refractivity contribution in [3.8, 4) is 0 Å². The minimum Gasteiger partial charge on any atom is -0.334 e. The summed E-state index contributed by atoms with van der Waals surface area (Å²) in [6, 6.07) is 8.62. The van der Waals surface area contributed by atoms with E-state index in [1.807, 2.05) is 34.0 Å². The van der Waals surface area contributed by atoms with E-state index in [2.05, 4.69) is 15.4 Å². The molecular weight excluding hydrogens is 407 g/mol. The lowest BCUT2D eigenvalue weighted by Crippen LogP contribution is -2.32. The zero-order chi connectivity index (χ0) is 21.9. The Kier molecular flexibility index (Phi) is 5.83. The predicted molar refractivity (Wildman–Crippen MR) is 119 cm³/mol. The topological polar surface area (TPSA) is 75.9 Å². The third-order valence-corrected chi connectivity index (χ3v) is 6.35. The van der Waals surface area contributed by atoms with Crippen LogP contribution < -0.4 is 5.32 Å². The molecule has 3 aromatic rings. The molecule has 0 radical (unpaired) electrons. The van der Waals surface area contributed by atoms with Crippen LogP contribution in [0.2, 0.25) is 0 Å². The number of aryl methyl sites for hydroxylation is 2. The second-order valence-electron chi connectivity index (χ2n) is 8.48. The number of hydrogen-bond donors (Lipinski definition) is 1. The molecule has 1 saturated heterocycles. The molecule has 0 unspecified atom stereocenters. The first kappa shape index (κ1) is 20.6. The highest BCUT2D eigenvalue weighted by molar-refractivity contribution is 5.77. The van der Waals surface area contributed by atoms with E-state index in [4.69, 9.17) is 4.98 Å². The van der Waals surface area contributed by atoms with E-state index in [0.29, 0.717) is 24.6 Å². The fourth-order valence-corrected chi connectivity index (χ4v) is 4.75. The highest BCUT2D eigenvalue weighted by Gasteiger charge is 2.31. The fraction of sp³-hybridized carbons (Fsp3) is 0.417. The van der Waals surface area contributed by atoms with Crippen LogP contribution in [0, 0.1) is 5.82 Å². The lowest BCUT2D eigenvalue weighted by molar-refractivity contribution is -0.132. The van der Waals surface area contributed by atoms with E-state index < -0.39 is 0 Å². The van der Waals surface area contributed by atoms with Gasteiger partial charge in [-0.15, -0.1) is 0 Å². The normalized spacial score (nSPS) is 17.9. The summed E-state index contributed by atoms with van der Waals surface area (Å²) in [6.07, 6.45) is 10.0. The predicted octanol–water partition coefficient (Wildman–Crippen LogP) is 4.19. The second kappa shape index (κ2) is 9.06. The Bertz CT molecular complexity index is 1100. The number of rotatable bonds is 6. The van der Waals surface area contributed by atoms with E-state index >= 15 is 0 Å². The quantitative estimate of drug-likeness (QED) is 0.630. The minimum absolute atomic E-state index is 0.0306. The Balaban J connectivity index is 1.25. The van der Waals surface area contributed by atoms with Gasteiger partial charge in [0.1, 0.15) is 17.5 Å². The molecule has 0 spiro atoms. The van der Waals surface area contributed by atoms with Gasteiger partial charge in [-0.2, -0.15) is 5.10 Å². The molecule has 166 valence electrons. The molecule has 4 heterocycles. The van der Waals surface area contributed by atoms with Gasteiger partial charge in [0.2, 0.25) is 5.91 Å². The van der Waals surface area contributed by atoms with E-state index in [-0.39, 0.29) is 17.8 Å². The van der Waals surface area contributed by atoms with Crippen molar-refractivity contribution >= 4 is 17.5 Å². The summed E-state index contributed by atoms with van der Waals surface area (Å²) in [5.41, 5.74) is 3.50. The summed E-state index contributed by atoms with van der Waals surface area (Å²) in [4.78, 5) is 23.8. The van der Waals surface area contributed by atoms with Crippen LogP contribution in [-0.4, -0.2) is 37.1 Å². The van der Waals surface area contributed by atoms with E-state index in [0.717, 1.165) is 37.9 Å². The molecule has 3 aromatic heterocycles. The number of pyridine rings is 2. The summed E-state index contributed by atoms with van der Waals surface area (Å²) in [5, 5.41) is 7.63. The number of fused-ring (bicyclic) bond motifs is 1. The number of hydrogen-bond acceptors (Lipinski definition) is 5. The highest BCUT2D eigenvalue weighted by Crippen LogP contribution is 2.32. The van der Waals surface area contributed by atoms with Crippen molar-refractivity contribution in [3.63, 3.8) is 0 Å². The highest BCUT2D eigenvalue weighted by atomic mass is 19.1. The summed E-state index contributed by atoms with van der Waals surface area (Å²) < 4.78 is 15.1. The summed E-state index contributed by atoms with van der Waals surface area (Å²) in [7, 11) is 0. The van der Waals surface area contributed by atoms with Gasteiger partial charge in [0.25, 0.3) is 0 Å². The van der Waals surface area contributed by atoms with Crippen LogP contribution in [0.4, 0.5) is 16.0 Å². The van der Waals surface area contributed by atoms with Crippen molar-refractivity contribution in [2.75, 3.05) is 11.9 Å². The molecule has 1 atom stereocenters. The second-order valence-corrected chi connectivity index (χ2v) is 8.48. The van der Waals surface area contributed by atoms with Gasteiger partial charge in [-0.25, -0.2) is 14.4 Å². The number of amides is 1. The zero-order valence-electron chi connectivity index (χ0n) is 18.0. The number of nitrogens with one attached hydrogen (secondary N) is 1. The van der Waals surface area contributed by atoms with Crippen molar-refractivity contribution in [3.05, 3.63) is 65.5 Å². The largest absolute Gasteiger partial charge is 0.334 e. The average Bonchev–Trinajstić information content (AvgIpc) is 3.47. The van der Waals surface area contributed by atoms with Gasteiger partial charge in [-0.1, -0.05) is 6.07 Å². The van der Waals surface area contributed by atoms with Crippen molar-refractivity contribution in [2.45, 2.75) is 57.5 Å². The van der Waals surface area contributed by atoms with Crippen LogP contribution in [0.25, 0.3) is 0 Å². The minimum atomic E-state index is -0.381. The molecule has 8 heteroatoms. The van der Waals surface area contributed by atoms with Crippen LogP contribution in [0.1, 0.15) is 55.1 Å². The van der Waals surface area contributed by atoms with Crippen molar-refractivity contribution in [2.24, 2.45) is 0 Å². The SMILES string of the molecule is O=C(CCn1ncc2c1CCCC2)N1CCC[C@@H]1c1cccc(Nc2ccc(F)cn2)n1. The van der Waals surface area contributed by atoms with Crippen molar-refractivity contribution in [1.29, 1.82) is 0 Å². The maximum Gasteiger partial charge on any atom is 0.224 e. The molecule has 2 aliphatic rings. The molecule has 0 aromatic carbocycles. The van der Waals surface area contributed by atoms with Crippen LogP contribution in [0.15, 0.2) is 42.7 Å². The van der Waals surface area contributed by atoms with Crippen LogP contribution in [0.5, 0.6) is 0 Å². The van der Waals surface area contributed by atoms with Crippen molar-refractivity contribution < 1.29 is 9.18 Å². The first-order valence-electron chi connectivity index (χ1n) is 11.4. The van der Waals surface area contributed by atoms with E-state index in [1.54, 1.807) is 6.07 Å². The standard InChI is InChI=1S/C24H27FN6O/c25-18-10-11-22(26-16-18)29-23-9-3-6-19(28-23)21-8-4-13-30(21)24(32)12-14-31-20-7-2-1-5-17(20)15-27-31/h3,6,9-11,15-16,21H,1-2,4-5,7-8,12-14H2,(H,26,28,29)/t21-/m1/s1. The summed E-state index contributed by atoms with van der Waals surface area (Å²) in [5.74, 6) is 0.919. The summed E-state index contributed by atoms with van der Waals surface area (Å²) in [6.45, 7) is 1.38. The zero-order valence-corrected chi connectivity index (χ0v) is 18.0. The Morgan fingerprint density at radius 2 is 2.00 bits per heavy atom. The first-order valence-corrected chi connectivity index (χ1v) is 11.4. The van der Waals surface area contributed by atoms with Gasteiger partial charge in [0.05, 0.1) is 24.1 Å². The lowest BCUT2D eigenvalue weighted by Gasteiger charge is -2.25. The van der Waals surface area contributed by atoms with Gasteiger partial charge in [-0.3, -0.25) is 9.48 Å². The van der Waals surface area contributed by atoms with Gasteiger partial charge < -0.3 is 10.2 Å². The average molecular weight is 435 g/mol. The van der Waals surface area contributed by atoms with Crippen molar-refractivity contribution in [1.82, 2.24) is 24.6 Å². The maximum absolute atomic E-state index is 13.1. The Hall–Kier alpha value is -3.29. The Morgan fingerprint density at radius 3 is 2.88 bits per heavy atom. The lowest BCUT2D eigenvalue weighted by atomic mass is 9.98. The number of carbonyl (C=O) groups is 1. The molecule has 1 fully saturated rings. The Morgan fingerprint density at radius 1 is 1.09 bits per heavy atom. The summed E-state index contributed by atoms with van der Waals surface area (Å²) >= 11 is 0. The van der Waals surface area contributed by atoms with Gasteiger partial charge in [-0.05, 0) is 68.4 Å². The molecule has 0 bridgehead atoms. The maximum atomic E-state index is 13.1. The number of carbonyl (C=O) groups excluding carboxylic acids is 1. The fourth-order valence-electron chi connectivity index (χ4n) is 4.75. The molecular formula is C24H27FN6O. The van der Waals surface area contributed by atoms with E-state index in [1.165, 1.54) is 36.4 Å². The van der Waals surface area contributed by atoms with Gasteiger partial charge in [0, 0.05) is 25.2 Å². The molecule has 1 aliphatic heterocycles. The van der Waals surface area contributed by atoms with E-state index in [9.17, 15) is 9.18 Å². The molecule has 0 saturated carbocycles. The third-order valence-electron chi connectivity index (χ3n) is 6.35. The Labute approximate surface area is 186 Å². The molecule has 1 amide bonds. The first-order chi connectivity index (χ1) is 15.7. The molecule has 5 rings (SSSR count). The molecule has 1 N–H and O–H groups in total.